The number of rotatable bonds is 11. The summed E-state index contributed by atoms with van der Waals surface area (Å²) in [7, 11) is 3.56. The third-order valence-electron chi connectivity index (χ3n) is 5.41. The van der Waals surface area contributed by atoms with Crippen molar-refractivity contribution in [2.45, 2.75) is 18.9 Å². The minimum Gasteiger partial charge on any atom is -0.497 e. The van der Waals surface area contributed by atoms with Crippen molar-refractivity contribution < 1.29 is 14.6 Å². The average Bonchev–Trinajstić information content (AvgIpc) is 3.37. The van der Waals surface area contributed by atoms with Gasteiger partial charge in [-0.3, -0.25) is 5.10 Å². The van der Waals surface area contributed by atoms with Crippen LogP contribution in [0.25, 0.3) is 11.1 Å². The van der Waals surface area contributed by atoms with Crippen LogP contribution in [0.5, 0.6) is 5.75 Å². The summed E-state index contributed by atoms with van der Waals surface area (Å²) in [5.74, 6) is 0.691. The summed E-state index contributed by atoms with van der Waals surface area (Å²) in [4.78, 5) is 15.0. The third kappa shape index (κ3) is 6.47. The van der Waals surface area contributed by atoms with Crippen LogP contribution in [0.4, 0.5) is 16.2 Å². The fourth-order valence-corrected chi connectivity index (χ4v) is 3.62. The van der Waals surface area contributed by atoms with E-state index < -0.39 is 0 Å². The summed E-state index contributed by atoms with van der Waals surface area (Å²) in [5.41, 5.74) is 10.0. The molecular weight excluding hydrogens is 420 g/mol. The van der Waals surface area contributed by atoms with E-state index in [1.54, 1.807) is 13.3 Å². The van der Waals surface area contributed by atoms with Crippen molar-refractivity contribution in [1.82, 2.24) is 15.5 Å². The van der Waals surface area contributed by atoms with Gasteiger partial charge in [0.05, 0.1) is 30.7 Å². The largest absolute Gasteiger partial charge is 0.497 e. The highest BCUT2D eigenvalue weighted by molar-refractivity contribution is 5.94. The van der Waals surface area contributed by atoms with Crippen LogP contribution in [0.3, 0.4) is 0 Å². The maximum atomic E-state index is 12.9. The summed E-state index contributed by atoms with van der Waals surface area (Å²) in [5, 5.41) is 22.3. The number of benzene rings is 2. The Balaban J connectivity index is 1.81. The molecule has 0 radical (unpaired) electrons. The minimum atomic E-state index is -0.367. The second-order valence-electron chi connectivity index (χ2n) is 7.72. The molecule has 1 unspecified atom stereocenters. The fourth-order valence-electron chi connectivity index (χ4n) is 3.62. The van der Waals surface area contributed by atoms with Crippen LogP contribution in [0.15, 0.2) is 54.9 Å². The first kappa shape index (κ1) is 24.1. The molecule has 9 nitrogen and oxygen atoms in total. The standard InChI is InChI=1S/C24H32N6O3/c1-30(11-4-10-25)23-14-17(19-15-26-27-16-19)7-8-22(23)29-24(32)28-21(9-12-31)18-5-3-6-20(13-18)33-2/h3,5-8,13-16,21,31H,4,9-12,25H2,1-2H3,(H,26,27)(H2,28,29,32). The molecule has 0 saturated heterocycles. The van der Waals surface area contributed by atoms with E-state index in [2.05, 4.69) is 25.7 Å². The van der Waals surface area contributed by atoms with Crippen LogP contribution in [0.2, 0.25) is 0 Å². The number of aliphatic hydroxyl groups excluding tert-OH is 1. The van der Waals surface area contributed by atoms with Crippen LogP contribution in [0, 0.1) is 0 Å². The average molecular weight is 453 g/mol. The molecule has 0 saturated carbocycles. The number of nitrogens with one attached hydrogen (secondary N) is 3. The maximum absolute atomic E-state index is 12.9. The first-order valence-corrected chi connectivity index (χ1v) is 10.9. The molecule has 3 aromatic rings. The van der Waals surface area contributed by atoms with Gasteiger partial charge in [0.15, 0.2) is 0 Å². The lowest BCUT2D eigenvalue weighted by atomic mass is 10.0. The molecule has 1 heterocycles. The Labute approximate surface area is 193 Å². The summed E-state index contributed by atoms with van der Waals surface area (Å²) in [6.45, 7) is 1.27. The molecule has 2 amide bonds. The maximum Gasteiger partial charge on any atom is 0.319 e. The fraction of sp³-hybridized carbons (Fsp3) is 0.333. The molecule has 0 aliphatic heterocycles. The first-order chi connectivity index (χ1) is 16.0. The number of nitrogens with two attached hydrogens (primary N) is 1. The van der Waals surface area contributed by atoms with Gasteiger partial charge in [-0.25, -0.2) is 4.79 Å². The molecule has 33 heavy (non-hydrogen) atoms. The van der Waals surface area contributed by atoms with Gasteiger partial charge in [-0.05, 0) is 54.8 Å². The SMILES string of the molecule is COc1cccc(C(CCO)NC(=O)Nc2ccc(-c3cn[nH]c3)cc2N(C)CCCN)c1. The molecule has 0 spiro atoms. The number of carbonyl (C=O) groups is 1. The monoisotopic (exact) mass is 452 g/mol. The van der Waals surface area contributed by atoms with Gasteiger partial charge in [-0.1, -0.05) is 18.2 Å². The van der Waals surface area contributed by atoms with Gasteiger partial charge in [0.25, 0.3) is 0 Å². The van der Waals surface area contributed by atoms with Crippen LogP contribution in [-0.4, -0.2) is 55.2 Å². The van der Waals surface area contributed by atoms with Crippen molar-refractivity contribution in [1.29, 1.82) is 0 Å². The van der Waals surface area contributed by atoms with E-state index in [1.165, 1.54) is 0 Å². The molecule has 9 heteroatoms. The number of ether oxygens (including phenoxy) is 1. The number of anilines is 2. The molecule has 0 bridgehead atoms. The Hall–Kier alpha value is -3.56. The second kappa shape index (κ2) is 11.9. The predicted molar refractivity (Wildman–Crippen MR) is 131 cm³/mol. The Morgan fingerprint density at radius 1 is 1.27 bits per heavy atom. The molecule has 1 atom stereocenters. The van der Waals surface area contributed by atoms with Crippen LogP contribution < -0.4 is 26.0 Å². The highest BCUT2D eigenvalue weighted by Crippen LogP contribution is 2.31. The van der Waals surface area contributed by atoms with Gasteiger partial charge in [0.2, 0.25) is 0 Å². The zero-order valence-corrected chi connectivity index (χ0v) is 19.0. The van der Waals surface area contributed by atoms with E-state index in [9.17, 15) is 9.90 Å². The Morgan fingerprint density at radius 3 is 2.82 bits per heavy atom. The van der Waals surface area contributed by atoms with Crippen molar-refractivity contribution in [3.05, 3.63) is 60.4 Å². The van der Waals surface area contributed by atoms with Gasteiger partial charge in [0.1, 0.15) is 5.75 Å². The summed E-state index contributed by atoms with van der Waals surface area (Å²) < 4.78 is 5.29. The lowest BCUT2D eigenvalue weighted by molar-refractivity contribution is 0.239. The molecular formula is C24H32N6O3. The Morgan fingerprint density at radius 2 is 2.12 bits per heavy atom. The first-order valence-electron chi connectivity index (χ1n) is 10.9. The van der Waals surface area contributed by atoms with Gasteiger partial charge in [-0.2, -0.15) is 5.10 Å². The van der Waals surface area contributed by atoms with Crippen molar-refractivity contribution in [2.24, 2.45) is 5.73 Å². The number of aliphatic hydroxyl groups is 1. The normalized spacial score (nSPS) is 11.6. The molecule has 6 N–H and O–H groups in total. The van der Waals surface area contributed by atoms with Crippen LogP contribution in [-0.2, 0) is 0 Å². The number of nitrogens with zero attached hydrogens (tertiary/aromatic N) is 2. The molecule has 0 fully saturated rings. The molecule has 1 aromatic heterocycles. The lowest BCUT2D eigenvalue weighted by Gasteiger charge is -2.24. The molecule has 0 aliphatic carbocycles. The van der Waals surface area contributed by atoms with E-state index in [0.29, 0.717) is 24.4 Å². The van der Waals surface area contributed by atoms with Gasteiger partial charge >= 0.3 is 6.03 Å². The molecule has 0 aliphatic rings. The number of H-pyrrole nitrogens is 1. The third-order valence-corrected chi connectivity index (χ3v) is 5.41. The zero-order chi connectivity index (χ0) is 23.6. The Bertz CT molecular complexity index is 1020. The topological polar surface area (TPSA) is 129 Å². The minimum absolute atomic E-state index is 0.0609. The van der Waals surface area contributed by atoms with E-state index in [4.69, 9.17) is 10.5 Å². The van der Waals surface area contributed by atoms with Gasteiger partial charge < -0.3 is 31.1 Å². The number of hydrogen-bond donors (Lipinski definition) is 5. The van der Waals surface area contributed by atoms with Crippen molar-refractivity contribution in [3.8, 4) is 16.9 Å². The quantitative estimate of drug-likeness (QED) is 0.304. The van der Waals surface area contributed by atoms with Crippen LogP contribution >= 0.6 is 0 Å². The second-order valence-corrected chi connectivity index (χ2v) is 7.72. The number of hydrogen-bond acceptors (Lipinski definition) is 6. The number of aromatic amines is 1. The number of methoxy groups -OCH3 is 1. The Kier molecular flexibility index (Phi) is 8.68. The van der Waals surface area contributed by atoms with Crippen molar-refractivity contribution >= 4 is 17.4 Å². The number of urea groups is 1. The summed E-state index contributed by atoms with van der Waals surface area (Å²) in [6.07, 6.45) is 4.79. The smallest absolute Gasteiger partial charge is 0.319 e. The van der Waals surface area contributed by atoms with E-state index in [1.807, 2.05) is 55.7 Å². The number of aromatic nitrogens is 2. The van der Waals surface area contributed by atoms with E-state index in [0.717, 1.165) is 35.3 Å². The van der Waals surface area contributed by atoms with Gasteiger partial charge in [0, 0.05) is 32.0 Å². The van der Waals surface area contributed by atoms with Gasteiger partial charge in [-0.15, -0.1) is 0 Å². The summed E-state index contributed by atoms with van der Waals surface area (Å²) >= 11 is 0. The highest BCUT2D eigenvalue weighted by atomic mass is 16.5. The predicted octanol–water partition coefficient (Wildman–Crippen LogP) is 3.12. The molecule has 2 aromatic carbocycles. The lowest BCUT2D eigenvalue weighted by Crippen LogP contribution is -2.34. The van der Waals surface area contributed by atoms with Crippen molar-refractivity contribution in [3.63, 3.8) is 0 Å². The molecule has 176 valence electrons. The molecule has 3 rings (SSSR count). The highest BCUT2D eigenvalue weighted by Gasteiger charge is 2.17. The van der Waals surface area contributed by atoms with Crippen molar-refractivity contribution in [2.75, 3.05) is 44.1 Å². The van der Waals surface area contributed by atoms with E-state index >= 15 is 0 Å². The number of carbonyl (C=O) groups excluding carboxylic acids is 1. The zero-order valence-electron chi connectivity index (χ0n) is 19.0. The number of amides is 2. The van der Waals surface area contributed by atoms with Crippen LogP contribution in [0.1, 0.15) is 24.4 Å². The van der Waals surface area contributed by atoms with E-state index in [-0.39, 0.29) is 18.7 Å². The summed E-state index contributed by atoms with van der Waals surface area (Å²) in [6, 6.07) is 12.6.